The van der Waals surface area contributed by atoms with Gasteiger partial charge in [-0.25, -0.2) is 4.79 Å². The number of aliphatic carboxylic acids is 1. The van der Waals surface area contributed by atoms with Gasteiger partial charge in [0.1, 0.15) is 0 Å². The normalized spacial score (nSPS) is 14.8. The van der Waals surface area contributed by atoms with Crippen LogP contribution in [0, 0.1) is 0 Å². The summed E-state index contributed by atoms with van der Waals surface area (Å²) in [5, 5.41) is 18.6. The van der Waals surface area contributed by atoms with Crippen LogP contribution in [-0.2, 0) is 22.6 Å². The van der Waals surface area contributed by atoms with Crippen LogP contribution in [0.25, 0.3) is 0 Å². The van der Waals surface area contributed by atoms with E-state index in [1.807, 2.05) is 0 Å². The second-order valence-electron chi connectivity index (χ2n) is 4.07. The number of rotatable bonds is 6. The Morgan fingerprint density at radius 2 is 2.21 bits per heavy atom. The fourth-order valence-corrected chi connectivity index (χ4v) is 1.68. The van der Waals surface area contributed by atoms with Crippen LogP contribution >= 0.6 is 0 Å². The number of hydrogen-bond donors (Lipinski definition) is 2. The van der Waals surface area contributed by atoms with Crippen molar-refractivity contribution in [2.24, 2.45) is 0 Å². The summed E-state index contributed by atoms with van der Waals surface area (Å²) in [7, 11) is 0. The summed E-state index contributed by atoms with van der Waals surface area (Å²) in [6, 6.07) is -0.406. The van der Waals surface area contributed by atoms with E-state index in [-0.39, 0.29) is 25.4 Å². The van der Waals surface area contributed by atoms with Crippen molar-refractivity contribution in [2.45, 2.75) is 19.4 Å². The van der Waals surface area contributed by atoms with E-state index in [1.54, 1.807) is 6.20 Å². The summed E-state index contributed by atoms with van der Waals surface area (Å²) in [5.41, 5.74) is 0.569. The van der Waals surface area contributed by atoms with E-state index in [9.17, 15) is 14.4 Å². The Balaban J connectivity index is 1.84. The summed E-state index contributed by atoms with van der Waals surface area (Å²) < 4.78 is 1.48. The van der Waals surface area contributed by atoms with E-state index in [0.29, 0.717) is 18.7 Å². The van der Waals surface area contributed by atoms with Crippen LogP contribution in [0.3, 0.4) is 0 Å². The standard InChI is InChI=1S/C10H13N5O4/c16-8-5-11-10(19)15(8)4-3-14-6-7(12-13-14)1-2-9(17)18/h6H,1-5H2,(H,11,19)(H,17,18). The zero-order valence-electron chi connectivity index (χ0n) is 10.1. The van der Waals surface area contributed by atoms with Gasteiger partial charge in [0.25, 0.3) is 0 Å². The first-order chi connectivity index (χ1) is 9.06. The van der Waals surface area contributed by atoms with Crippen LogP contribution in [0.15, 0.2) is 6.20 Å². The first kappa shape index (κ1) is 13.0. The van der Waals surface area contributed by atoms with E-state index in [4.69, 9.17) is 5.11 Å². The Hall–Kier alpha value is -2.45. The molecule has 0 atom stereocenters. The molecule has 2 N–H and O–H groups in total. The number of imide groups is 1. The molecule has 1 aliphatic rings. The molecule has 3 amide bonds. The average molecular weight is 267 g/mol. The van der Waals surface area contributed by atoms with Gasteiger partial charge in [-0.05, 0) is 0 Å². The molecule has 9 heteroatoms. The molecular weight excluding hydrogens is 254 g/mol. The van der Waals surface area contributed by atoms with Crippen molar-refractivity contribution in [1.82, 2.24) is 25.2 Å². The molecule has 1 fully saturated rings. The molecular formula is C10H13N5O4. The number of carboxylic acids is 1. The van der Waals surface area contributed by atoms with Crippen molar-refractivity contribution < 1.29 is 19.5 Å². The van der Waals surface area contributed by atoms with E-state index < -0.39 is 12.0 Å². The van der Waals surface area contributed by atoms with Crippen molar-refractivity contribution in [1.29, 1.82) is 0 Å². The highest BCUT2D eigenvalue weighted by Crippen LogP contribution is 2.01. The first-order valence-corrected chi connectivity index (χ1v) is 5.75. The Morgan fingerprint density at radius 1 is 1.42 bits per heavy atom. The number of hydrogen-bond acceptors (Lipinski definition) is 5. The zero-order chi connectivity index (χ0) is 13.8. The van der Waals surface area contributed by atoms with Gasteiger partial charge in [-0.15, -0.1) is 5.10 Å². The molecule has 9 nitrogen and oxygen atoms in total. The molecule has 0 unspecified atom stereocenters. The Morgan fingerprint density at radius 3 is 2.84 bits per heavy atom. The number of urea groups is 1. The van der Waals surface area contributed by atoms with Gasteiger partial charge < -0.3 is 10.4 Å². The average Bonchev–Trinajstić information content (AvgIpc) is 2.93. The van der Waals surface area contributed by atoms with E-state index in [2.05, 4.69) is 15.6 Å². The van der Waals surface area contributed by atoms with Gasteiger partial charge in [0.15, 0.2) is 0 Å². The van der Waals surface area contributed by atoms with Crippen LogP contribution in [0.5, 0.6) is 0 Å². The van der Waals surface area contributed by atoms with Gasteiger partial charge >= 0.3 is 12.0 Å². The van der Waals surface area contributed by atoms with E-state index >= 15 is 0 Å². The predicted molar refractivity (Wildman–Crippen MR) is 61.1 cm³/mol. The molecule has 0 bridgehead atoms. The molecule has 1 aromatic heterocycles. The van der Waals surface area contributed by atoms with Gasteiger partial charge in [-0.2, -0.15) is 0 Å². The third kappa shape index (κ3) is 3.27. The fourth-order valence-electron chi connectivity index (χ4n) is 1.68. The van der Waals surface area contributed by atoms with Crippen LogP contribution in [0.2, 0.25) is 0 Å². The third-order valence-electron chi connectivity index (χ3n) is 2.67. The molecule has 2 heterocycles. The van der Waals surface area contributed by atoms with Crippen molar-refractivity contribution in [3.05, 3.63) is 11.9 Å². The van der Waals surface area contributed by atoms with Crippen molar-refractivity contribution in [3.8, 4) is 0 Å². The number of nitrogens with zero attached hydrogens (tertiary/aromatic N) is 4. The maximum Gasteiger partial charge on any atom is 0.324 e. The highest BCUT2D eigenvalue weighted by molar-refractivity contribution is 6.01. The minimum absolute atomic E-state index is 0.00822. The second-order valence-corrected chi connectivity index (χ2v) is 4.07. The molecule has 19 heavy (non-hydrogen) atoms. The van der Waals surface area contributed by atoms with Gasteiger partial charge in [-0.1, -0.05) is 5.21 Å². The summed E-state index contributed by atoms with van der Waals surface area (Å²) >= 11 is 0. The number of aryl methyl sites for hydroxylation is 1. The lowest BCUT2D eigenvalue weighted by Crippen LogP contribution is -2.33. The first-order valence-electron chi connectivity index (χ1n) is 5.75. The fraction of sp³-hybridized carbons (Fsp3) is 0.500. The lowest BCUT2D eigenvalue weighted by molar-refractivity contribution is -0.137. The van der Waals surface area contributed by atoms with E-state index in [1.165, 1.54) is 4.68 Å². The smallest absolute Gasteiger partial charge is 0.324 e. The Bertz CT molecular complexity index is 496. The molecule has 0 radical (unpaired) electrons. The van der Waals surface area contributed by atoms with Gasteiger partial charge in [0, 0.05) is 12.6 Å². The van der Waals surface area contributed by atoms with E-state index in [0.717, 1.165) is 4.90 Å². The molecule has 1 aliphatic heterocycles. The predicted octanol–water partition coefficient (Wildman–Crippen LogP) is -1.15. The highest BCUT2D eigenvalue weighted by Gasteiger charge is 2.27. The maximum atomic E-state index is 11.3. The van der Waals surface area contributed by atoms with Crippen LogP contribution in [0.4, 0.5) is 4.79 Å². The molecule has 2 rings (SSSR count). The Labute approximate surface area is 108 Å². The molecule has 1 saturated heterocycles. The summed E-state index contributed by atoms with van der Waals surface area (Å²) in [4.78, 5) is 34.1. The van der Waals surface area contributed by atoms with Gasteiger partial charge in [0.2, 0.25) is 5.91 Å². The quantitative estimate of drug-likeness (QED) is 0.628. The zero-order valence-corrected chi connectivity index (χ0v) is 10.1. The van der Waals surface area contributed by atoms with Crippen molar-refractivity contribution >= 4 is 17.9 Å². The summed E-state index contributed by atoms with van der Waals surface area (Å²) in [6.07, 6.45) is 1.91. The molecule has 0 aromatic carbocycles. The molecule has 0 spiro atoms. The SMILES string of the molecule is O=C(O)CCc1cn(CCN2C(=O)CNC2=O)nn1. The number of amides is 3. The van der Waals surface area contributed by atoms with Crippen LogP contribution in [0.1, 0.15) is 12.1 Å². The van der Waals surface area contributed by atoms with Gasteiger partial charge in [-0.3, -0.25) is 19.2 Å². The van der Waals surface area contributed by atoms with Crippen molar-refractivity contribution in [2.75, 3.05) is 13.1 Å². The number of carbonyl (C=O) groups excluding carboxylic acids is 2. The van der Waals surface area contributed by atoms with Crippen LogP contribution in [-0.4, -0.2) is 56.0 Å². The van der Waals surface area contributed by atoms with Crippen molar-refractivity contribution in [3.63, 3.8) is 0 Å². The minimum atomic E-state index is -0.895. The largest absolute Gasteiger partial charge is 0.481 e. The topological polar surface area (TPSA) is 117 Å². The number of aromatic nitrogens is 3. The minimum Gasteiger partial charge on any atom is -0.481 e. The van der Waals surface area contributed by atoms with Crippen LogP contribution < -0.4 is 5.32 Å². The number of carboxylic acid groups (broad SMARTS) is 1. The molecule has 1 aromatic rings. The monoisotopic (exact) mass is 267 g/mol. The summed E-state index contributed by atoms with van der Waals surface area (Å²) in [5.74, 6) is -1.16. The lowest BCUT2D eigenvalue weighted by atomic mass is 10.2. The van der Waals surface area contributed by atoms with Gasteiger partial charge in [0.05, 0.1) is 31.7 Å². The summed E-state index contributed by atoms with van der Waals surface area (Å²) in [6.45, 7) is 0.575. The number of carbonyl (C=O) groups is 3. The maximum absolute atomic E-state index is 11.3. The molecule has 0 aliphatic carbocycles. The third-order valence-corrected chi connectivity index (χ3v) is 2.67. The molecule has 0 saturated carbocycles. The lowest BCUT2D eigenvalue weighted by Gasteiger charge is -2.11. The second kappa shape index (κ2) is 5.46. The number of nitrogens with one attached hydrogen (secondary N) is 1. The molecule has 102 valence electrons. The Kier molecular flexibility index (Phi) is 3.74. The highest BCUT2D eigenvalue weighted by atomic mass is 16.4.